The Labute approximate surface area is 158 Å². The van der Waals surface area contributed by atoms with Crippen molar-refractivity contribution in [2.24, 2.45) is 5.92 Å². The van der Waals surface area contributed by atoms with Crippen molar-refractivity contribution < 1.29 is 13.2 Å². The largest absolute Gasteiger partial charge is 0.356 e. The molecule has 0 N–H and O–H groups in total. The summed E-state index contributed by atoms with van der Waals surface area (Å²) in [4.78, 5) is 10.1. The second kappa shape index (κ2) is 6.84. The van der Waals surface area contributed by atoms with Gasteiger partial charge in [0.25, 0.3) is 5.78 Å². The molecule has 0 amide bonds. The van der Waals surface area contributed by atoms with Crippen LogP contribution >= 0.6 is 11.6 Å². The molecule has 0 unspecified atom stereocenters. The number of anilines is 1. The molecule has 0 bridgehead atoms. The van der Waals surface area contributed by atoms with Crippen molar-refractivity contribution in [3.05, 3.63) is 53.7 Å². The fourth-order valence-corrected chi connectivity index (χ4v) is 3.69. The van der Waals surface area contributed by atoms with Gasteiger partial charge in [0.2, 0.25) is 0 Å². The van der Waals surface area contributed by atoms with Crippen LogP contribution in [-0.4, -0.2) is 32.7 Å². The highest BCUT2D eigenvalue weighted by Crippen LogP contribution is 2.40. The van der Waals surface area contributed by atoms with Crippen molar-refractivity contribution in [1.82, 2.24) is 19.6 Å². The highest BCUT2D eigenvalue weighted by molar-refractivity contribution is 6.33. The first-order chi connectivity index (χ1) is 13.0. The summed E-state index contributed by atoms with van der Waals surface area (Å²) in [5.41, 5.74) is -0.408. The topological polar surface area (TPSA) is 46.3 Å². The molecule has 140 valence electrons. The molecular weight excluding hydrogens is 379 g/mol. The number of hydrogen-bond donors (Lipinski definition) is 0. The third kappa shape index (κ3) is 3.03. The lowest BCUT2D eigenvalue weighted by molar-refractivity contribution is 0.475. The maximum Gasteiger partial charge on any atom is 0.255 e. The van der Waals surface area contributed by atoms with Gasteiger partial charge < -0.3 is 4.90 Å². The number of nitrogens with zero attached hydrogens (tertiary/aromatic N) is 5. The minimum Gasteiger partial charge on any atom is -0.356 e. The molecule has 27 heavy (non-hydrogen) atoms. The Kier molecular flexibility index (Phi) is 4.51. The van der Waals surface area contributed by atoms with Crippen LogP contribution in [0.1, 0.15) is 12.8 Å². The maximum atomic E-state index is 14.5. The first kappa shape index (κ1) is 17.8. The molecule has 4 rings (SSSR count). The Morgan fingerprint density at radius 3 is 2.41 bits per heavy atom. The van der Waals surface area contributed by atoms with Crippen LogP contribution in [0.3, 0.4) is 0 Å². The number of hydrogen-bond acceptors (Lipinski definition) is 4. The summed E-state index contributed by atoms with van der Waals surface area (Å²) in [6.45, 7) is 5.05. The first-order valence-corrected chi connectivity index (χ1v) is 8.79. The van der Waals surface area contributed by atoms with Gasteiger partial charge in [-0.15, -0.1) is 6.58 Å². The molecule has 1 aliphatic heterocycles. The molecule has 1 aromatic carbocycles. The number of halogens is 4. The van der Waals surface area contributed by atoms with E-state index in [2.05, 4.69) is 21.6 Å². The van der Waals surface area contributed by atoms with Gasteiger partial charge in [-0.3, -0.25) is 0 Å². The number of benzene rings is 1. The zero-order chi connectivity index (χ0) is 19.1. The Morgan fingerprint density at radius 1 is 1.11 bits per heavy atom. The number of fused-ring (bicyclic) bond motifs is 1. The fourth-order valence-electron chi connectivity index (χ4n) is 3.44. The molecule has 3 aromatic rings. The van der Waals surface area contributed by atoms with E-state index in [1.165, 1.54) is 10.8 Å². The van der Waals surface area contributed by atoms with E-state index in [1.807, 2.05) is 11.0 Å². The van der Waals surface area contributed by atoms with E-state index in [4.69, 9.17) is 11.6 Å². The van der Waals surface area contributed by atoms with Crippen LogP contribution in [0.2, 0.25) is 5.15 Å². The minimum absolute atomic E-state index is 0.0294. The summed E-state index contributed by atoms with van der Waals surface area (Å²) in [7, 11) is 0. The van der Waals surface area contributed by atoms with E-state index in [1.54, 1.807) is 0 Å². The molecule has 3 heterocycles. The van der Waals surface area contributed by atoms with E-state index in [9.17, 15) is 13.2 Å². The molecule has 0 atom stereocenters. The predicted molar refractivity (Wildman–Crippen MR) is 96.2 cm³/mol. The Balaban J connectivity index is 1.96. The second-order valence-corrected chi connectivity index (χ2v) is 6.74. The van der Waals surface area contributed by atoms with E-state index in [0.29, 0.717) is 37.0 Å². The molecule has 0 radical (unpaired) electrons. The normalized spacial score (nSPS) is 15.5. The number of rotatable bonds is 3. The first-order valence-electron chi connectivity index (χ1n) is 8.41. The number of allylic oxidation sites excluding steroid dienone is 1. The van der Waals surface area contributed by atoms with Gasteiger partial charge in [-0.25, -0.2) is 13.2 Å². The van der Waals surface area contributed by atoms with E-state index >= 15 is 0 Å². The monoisotopic (exact) mass is 393 g/mol. The highest BCUT2D eigenvalue weighted by atomic mass is 35.5. The lowest BCUT2D eigenvalue weighted by atomic mass is 9.96. The zero-order valence-electron chi connectivity index (χ0n) is 14.2. The molecule has 9 heteroatoms. The van der Waals surface area contributed by atoms with Crippen LogP contribution in [0.4, 0.5) is 19.0 Å². The van der Waals surface area contributed by atoms with Crippen molar-refractivity contribution in [3.8, 4) is 11.1 Å². The van der Waals surface area contributed by atoms with E-state index < -0.39 is 23.0 Å². The average Bonchev–Trinajstić information content (AvgIpc) is 3.09. The van der Waals surface area contributed by atoms with Gasteiger partial charge in [-0.05, 0) is 18.8 Å². The summed E-state index contributed by atoms with van der Waals surface area (Å²) in [6.07, 6.45) is 4.85. The second-order valence-electron chi connectivity index (χ2n) is 6.38. The molecule has 1 fully saturated rings. The van der Waals surface area contributed by atoms with Gasteiger partial charge in [0.05, 0.1) is 11.1 Å². The van der Waals surface area contributed by atoms with E-state index in [-0.39, 0.29) is 16.5 Å². The molecule has 2 aromatic heterocycles. The number of aromatic nitrogens is 4. The molecular formula is C18H15ClF3N5. The van der Waals surface area contributed by atoms with Crippen LogP contribution in [0.15, 0.2) is 31.1 Å². The molecule has 0 aliphatic carbocycles. The Morgan fingerprint density at radius 2 is 1.78 bits per heavy atom. The smallest absolute Gasteiger partial charge is 0.255 e. The molecule has 0 saturated carbocycles. The lowest BCUT2D eigenvalue weighted by Gasteiger charge is -2.33. The third-order valence-electron chi connectivity index (χ3n) is 4.79. The van der Waals surface area contributed by atoms with Crippen molar-refractivity contribution >= 4 is 23.2 Å². The van der Waals surface area contributed by atoms with Gasteiger partial charge in [0.1, 0.15) is 34.7 Å². The molecule has 5 nitrogen and oxygen atoms in total. The van der Waals surface area contributed by atoms with Gasteiger partial charge in [-0.1, -0.05) is 17.7 Å². The number of piperidine rings is 1. The van der Waals surface area contributed by atoms with Crippen LogP contribution in [-0.2, 0) is 0 Å². The van der Waals surface area contributed by atoms with E-state index in [0.717, 1.165) is 12.8 Å². The minimum atomic E-state index is -1.06. The average molecular weight is 394 g/mol. The van der Waals surface area contributed by atoms with Crippen LogP contribution in [0.5, 0.6) is 0 Å². The summed E-state index contributed by atoms with van der Waals surface area (Å²) in [5, 5.41) is 4.02. The van der Waals surface area contributed by atoms with Crippen molar-refractivity contribution in [2.45, 2.75) is 12.8 Å². The predicted octanol–water partition coefficient (Wildman–Crippen LogP) is 4.26. The van der Waals surface area contributed by atoms with Crippen LogP contribution < -0.4 is 4.90 Å². The standard InChI is InChI=1S/C18H15ClF3N5/c1-2-10-3-5-26(6-4-10)17-15(14-12(21)7-11(20)8-13(14)22)16(19)25-18-23-9-24-27(17)18/h2,7-10H,1,3-6H2. The van der Waals surface area contributed by atoms with Crippen molar-refractivity contribution in [3.63, 3.8) is 0 Å². The van der Waals surface area contributed by atoms with Gasteiger partial charge in [0.15, 0.2) is 0 Å². The third-order valence-corrected chi connectivity index (χ3v) is 5.06. The van der Waals surface area contributed by atoms with Crippen molar-refractivity contribution in [2.75, 3.05) is 18.0 Å². The molecule has 1 saturated heterocycles. The summed E-state index contributed by atoms with van der Waals surface area (Å²) < 4.78 is 43.8. The molecule has 1 aliphatic rings. The van der Waals surface area contributed by atoms with Crippen LogP contribution in [0, 0.1) is 23.4 Å². The zero-order valence-corrected chi connectivity index (χ0v) is 14.9. The van der Waals surface area contributed by atoms with Crippen molar-refractivity contribution in [1.29, 1.82) is 0 Å². The Hall–Kier alpha value is -2.61. The van der Waals surface area contributed by atoms with Gasteiger partial charge in [0, 0.05) is 25.2 Å². The fraction of sp³-hybridized carbons (Fsp3) is 0.278. The Bertz CT molecular complexity index is 1000. The summed E-state index contributed by atoms with van der Waals surface area (Å²) in [5.74, 6) is -2.15. The quantitative estimate of drug-likeness (QED) is 0.492. The van der Waals surface area contributed by atoms with Crippen LogP contribution in [0.25, 0.3) is 16.9 Å². The molecule has 0 spiro atoms. The summed E-state index contributed by atoms with van der Waals surface area (Å²) in [6, 6.07) is 1.24. The summed E-state index contributed by atoms with van der Waals surface area (Å²) >= 11 is 6.30. The lowest BCUT2D eigenvalue weighted by Crippen LogP contribution is -2.35. The highest BCUT2D eigenvalue weighted by Gasteiger charge is 2.29. The van der Waals surface area contributed by atoms with Gasteiger partial charge >= 0.3 is 0 Å². The SMILES string of the molecule is C=CC1CCN(c2c(-c3c(F)cc(F)cc3F)c(Cl)nc3ncnn23)CC1. The maximum absolute atomic E-state index is 14.5. The van der Waals surface area contributed by atoms with Gasteiger partial charge in [-0.2, -0.15) is 19.6 Å².